The van der Waals surface area contributed by atoms with E-state index in [1.807, 2.05) is 32.9 Å². The predicted octanol–water partition coefficient (Wildman–Crippen LogP) is 3.26. The first-order valence-electron chi connectivity index (χ1n) is 9.32. The molecule has 3 rings (SSSR count). The number of ether oxygens (including phenoxy) is 1. The van der Waals surface area contributed by atoms with Crippen molar-refractivity contribution in [3.05, 3.63) is 47.7 Å². The Balaban J connectivity index is 1.65. The highest BCUT2D eigenvalue weighted by molar-refractivity contribution is 7.89. The zero-order valence-electron chi connectivity index (χ0n) is 16.1. The molecule has 1 aromatic carbocycles. The average Bonchev–Trinajstić information content (AvgIpc) is 3.16. The third-order valence-electron chi connectivity index (χ3n) is 4.52. The maximum Gasteiger partial charge on any atom is 0.240 e. The predicted molar refractivity (Wildman–Crippen MR) is 107 cm³/mol. The molecule has 6 nitrogen and oxygen atoms in total. The third-order valence-corrected chi connectivity index (χ3v) is 5.92. The van der Waals surface area contributed by atoms with Crippen LogP contribution < -0.4 is 14.4 Å². The van der Waals surface area contributed by atoms with Gasteiger partial charge in [-0.15, -0.1) is 0 Å². The van der Waals surface area contributed by atoms with Crippen molar-refractivity contribution in [2.45, 2.75) is 51.2 Å². The Kier molecular flexibility index (Phi) is 6.01. The summed E-state index contributed by atoms with van der Waals surface area (Å²) in [6, 6.07) is 8.79. The Bertz CT molecular complexity index is 874. The van der Waals surface area contributed by atoms with Crippen molar-refractivity contribution in [1.82, 2.24) is 9.71 Å². The molecule has 1 N–H and O–H groups in total. The molecule has 146 valence electrons. The number of hydrogen-bond donors (Lipinski definition) is 1. The van der Waals surface area contributed by atoms with E-state index in [0.29, 0.717) is 5.75 Å². The van der Waals surface area contributed by atoms with Crippen molar-refractivity contribution >= 4 is 15.8 Å². The van der Waals surface area contributed by atoms with Crippen LogP contribution in [-0.4, -0.2) is 32.6 Å². The number of hydrogen-bond acceptors (Lipinski definition) is 5. The molecule has 0 atom stereocenters. The molecule has 0 bridgehead atoms. The van der Waals surface area contributed by atoms with Crippen LogP contribution in [0.5, 0.6) is 5.75 Å². The number of nitrogens with zero attached hydrogens (tertiary/aromatic N) is 2. The van der Waals surface area contributed by atoms with E-state index in [0.717, 1.165) is 30.0 Å². The second kappa shape index (κ2) is 8.27. The molecule has 0 spiro atoms. The first-order chi connectivity index (χ1) is 12.8. The van der Waals surface area contributed by atoms with E-state index in [1.54, 1.807) is 24.4 Å². The van der Waals surface area contributed by atoms with Gasteiger partial charge in [0.1, 0.15) is 11.6 Å². The van der Waals surface area contributed by atoms with Gasteiger partial charge in [-0.3, -0.25) is 0 Å². The van der Waals surface area contributed by atoms with Crippen molar-refractivity contribution < 1.29 is 13.2 Å². The molecule has 0 saturated carbocycles. The molecule has 0 aliphatic carbocycles. The fraction of sp³-hybridized carbons (Fsp3) is 0.450. The normalized spacial score (nSPS) is 14.7. The zero-order valence-corrected chi connectivity index (χ0v) is 16.9. The standard InChI is InChI=1S/C20H27N3O3S/c1-15(2)26-19-8-7-18(12-16(19)3)27(24,25)22-14-17-6-9-20(21-13-17)23-10-4-5-11-23/h6-9,12-13,15,22H,4-5,10-11,14H2,1-3H3. The summed E-state index contributed by atoms with van der Waals surface area (Å²) in [4.78, 5) is 6.94. The minimum absolute atomic E-state index is 0.0420. The number of anilines is 1. The number of aromatic nitrogens is 1. The summed E-state index contributed by atoms with van der Waals surface area (Å²) in [7, 11) is -3.60. The van der Waals surface area contributed by atoms with Crippen LogP contribution in [-0.2, 0) is 16.6 Å². The van der Waals surface area contributed by atoms with Crippen molar-refractivity contribution in [2.24, 2.45) is 0 Å². The van der Waals surface area contributed by atoms with E-state index in [9.17, 15) is 8.42 Å². The van der Waals surface area contributed by atoms with Crippen molar-refractivity contribution in [3.8, 4) is 5.75 Å². The largest absolute Gasteiger partial charge is 0.491 e. The molecule has 27 heavy (non-hydrogen) atoms. The van der Waals surface area contributed by atoms with Gasteiger partial charge in [0, 0.05) is 25.8 Å². The van der Waals surface area contributed by atoms with E-state index >= 15 is 0 Å². The van der Waals surface area contributed by atoms with Gasteiger partial charge in [0.25, 0.3) is 0 Å². The Labute approximate surface area is 161 Å². The maximum absolute atomic E-state index is 12.6. The lowest BCUT2D eigenvalue weighted by molar-refractivity contribution is 0.240. The first-order valence-corrected chi connectivity index (χ1v) is 10.8. The Hall–Kier alpha value is -2.12. The van der Waals surface area contributed by atoms with E-state index in [2.05, 4.69) is 14.6 Å². The topological polar surface area (TPSA) is 71.5 Å². The van der Waals surface area contributed by atoms with E-state index in [-0.39, 0.29) is 17.5 Å². The summed E-state index contributed by atoms with van der Waals surface area (Å²) < 4.78 is 33.5. The summed E-state index contributed by atoms with van der Waals surface area (Å²) in [6.45, 7) is 8.00. The zero-order chi connectivity index (χ0) is 19.4. The molecule has 1 saturated heterocycles. The van der Waals surface area contributed by atoms with E-state index in [4.69, 9.17) is 4.74 Å². The lowest BCUT2D eigenvalue weighted by atomic mass is 10.2. The van der Waals surface area contributed by atoms with Gasteiger partial charge in [-0.25, -0.2) is 18.1 Å². The Morgan fingerprint density at radius 3 is 2.52 bits per heavy atom. The molecule has 0 amide bonds. The molecular weight excluding hydrogens is 362 g/mol. The molecule has 1 aromatic heterocycles. The molecule has 1 fully saturated rings. The SMILES string of the molecule is Cc1cc(S(=O)(=O)NCc2ccc(N3CCCC3)nc2)ccc1OC(C)C. The lowest BCUT2D eigenvalue weighted by Crippen LogP contribution is -2.24. The summed E-state index contributed by atoms with van der Waals surface area (Å²) in [6.07, 6.45) is 4.18. The smallest absolute Gasteiger partial charge is 0.240 e. The summed E-state index contributed by atoms with van der Waals surface area (Å²) >= 11 is 0. The van der Waals surface area contributed by atoms with E-state index < -0.39 is 10.0 Å². The van der Waals surface area contributed by atoms with Crippen LogP contribution in [0.15, 0.2) is 41.4 Å². The minimum atomic E-state index is -3.60. The number of sulfonamides is 1. The highest BCUT2D eigenvalue weighted by Gasteiger charge is 2.17. The van der Waals surface area contributed by atoms with Crippen LogP contribution in [0.4, 0.5) is 5.82 Å². The average molecular weight is 390 g/mol. The van der Waals surface area contributed by atoms with Crippen LogP contribution in [0.3, 0.4) is 0 Å². The van der Waals surface area contributed by atoms with Gasteiger partial charge in [0.15, 0.2) is 0 Å². The number of benzene rings is 1. The molecule has 7 heteroatoms. The quantitative estimate of drug-likeness (QED) is 0.787. The lowest BCUT2D eigenvalue weighted by Gasteiger charge is -2.16. The molecule has 2 heterocycles. The molecule has 0 unspecified atom stereocenters. The van der Waals surface area contributed by atoms with Gasteiger partial charge >= 0.3 is 0 Å². The van der Waals surface area contributed by atoms with Gasteiger partial charge in [-0.2, -0.15) is 0 Å². The molecule has 1 aliphatic heterocycles. The number of pyridine rings is 1. The first kappa shape index (κ1) is 19.6. The maximum atomic E-state index is 12.6. The van der Waals surface area contributed by atoms with Crippen molar-refractivity contribution in [2.75, 3.05) is 18.0 Å². The van der Waals surface area contributed by atoms with Gasteiger partial charge < -0.3 is 9.64 Å². The molecule has 1 aliphatic rings. The Morgan fingerprint density at radius 1 is 1.19 bits per heavy atom. The Morgan fingerprint density at radius 2 is 1.93 bits per heavy atom. The van der Waals surface area contributed by atoms with Crippen molar-refractivity contribution in [3.63, 3.8) is 0 Å². The van der Waals surface area contributed by atoms with Crippen molar-refractivity contribution in [1.29, 1.82) is 0 Å². The van der Waals surface area contributed by atoms with Gasteiger partial charge in [0.2, 0.25) is 10.0 Å². The van der Waals surface area contributed by atoms with E-state index in [1.165, 1.54) is 12.8 Å². The summed E-state index contributed by atoms with van der Waals surface area (Å²) in [5.41, 5.74) is 1.63. The van der Waals surface area contributed by atoms with Crippen LogP contribution in [0.25, 0.3) is 0 Å². The number of rotatable bonds is 7. The summed E-state index contributed by atoms with van der Waals surface area (Å²) in [5.74, 6) is 1.65. The summed E-state index contributed by atoms with van der Waals surface area (Å²) in [5, 5.41) is 0. The molecule has 2 aromatic rings. The second-order valence-electron chi connectivity index (χ2n) is 7.14. The molecular formula is C20H27N3O3S. The van der Waals surface area contributed by atoms with Crippen LogP contribution in [0.2, 0.25) is 0 Å². The number of nitrogens with one attached hydrogen (secondary N) is 1. The fourth-order valence-corrected chi connectivity index (χ4v) is 4.19. The second-order valence-corrected chi connectivity index (χ2v) is 8.90. The van der Waals surface area contributed by atoms with Gasteiger partial charge in [0.05, 0.1) is 11.0 Å². The third kappa shape index (κ3) is 4.99. The van der Waals surface area contributed by atoms with Crippen LogP contribution in [0.1, 0.15) is 37.8 Å². The minimum Gasteiger partial charge on any atom is -0.491 e. The highest BCUT2D eigenvalue weighted by Crippen LogP contribution is 2.23. The van der Waals surface area contributed by atoms with Crippen LogP contribution >= 0.6 is 0 Å². The van der Waals surface area contributed by atoms with Gasteiger partial charge in [-0.05, 0) is 69.0 Å². The van der Waals surface area contributed by atoms with Crippen LogP contribution in [0, 0.1) is 6.92 Å². The van der Waals surface area contributed by atoms with Gasteiger partial charge in [-0.1, -0.05) is 6.07 Å². The fourth-order valence-electron chi connectivity index (χ4n) is 3.09. The molecule has 0 radical (unpaired) electrons. The number of aryl methyl sites for hydroxylation is 1. The monoisotopic (exact) mass is 389 g/mol. The highest BCUT2D eigenvalue weighted by atomic mass is 32.2.